The van der Waals surface area contributed by atoms with Crippen molar-refractivity contribution >= 4 is 23.4 Å². The van der Waals surface area contributed by atoms with E-state index in [1.807, 2.05) is 0 Å². The maximum Gasteiger partial charge on any atom is 0.470 e. The fourth-order valence-corrected chi connectivity index (χ4v) is 2.45. The highest BCUT2D eigenvalue weighted by Gasteiger charge is 2.40. The third-order valence-corrected chi connectivity index (χ3v) is 3.44. The van der Waals surface area contributed by atoms with Crippen LogP contribution in [0.25, 0.3) is 0 Å². The third kappa shape index (κ3) is 3.14. The number of aromatic nitrogens is 2. The van der Waals surface area contributed by atoms with Gasteiger partial charge in [-0.3, -0.25) is 10.1 Å². The van der Waals surface area contributed by atoms with E-state index in [0.29, 0.717) is 13.1 Å². The maximum absolute atomic E-state index is 11.6. The number of nitrogens with zero attached hydrogens (tertiary/aromatic N) is 6. The van der Waals surface area contributed by atoms with Crippen LogP contribution < -0.4 is 4.90 Å². The van der Waals surface area contributed by atoms with E-state index in [2.05, 4.69) is 5.10 Å². The second-order valence-corrected chi connectivity index (χ2v) is 4.81. The number of carbonyl (C=O) groups excluding carboxylic acids is 1. The Balaban J connectivity index is 2.23. The van der Waals surface area contributed by atoms with Crippen LogP contribution in [0.5, 0.6) is 0 Å². The van der Waals surface area contributed by atoms with E-state index >= 15 is 0 Å². The summed E-state index contributed by atoms with van der Waals surface area (Å²) in [6.07, 6.45) is -0.447. The lowest BCUT2D eigenvalue weighted by Gasteiger charge is -2.34. The zero-order valence-electron chi connectivity index (χ0n) is 12.7. The molecule has 0 saturated carbocycles. The van der Waals surface area contributed by atoms with Gasteiger partial charge in [-0.15, -0.1) is 0 Å². The number of rotatable bonds is 4. The first-order valence-corrected chi connectivity index (χ1v) is 6.89. The van der Waals surface area contributed by atoms with Crippen LogP contribution in [0, 0.1) is 20.2 Å². The lowest BCUT2D eigenvalue weighted by Crippen LogP contribution is -2.49. The second kappa shape index (κ2) is 6.46. The zero-order chi connectivity index (χ0) is 17.1. The predicted molar refractivity (Wildman–Crippen MR) is 77.3 cm³/mol. The molecule has 0 unspecified atom stereocenters. The average Bonchev–Trinajstić information content (AvgIpc) is 2.85. The molecular formula is C11H16N6O6. The van der Waals surface area contributed by atoms with Crippen LogP contribution >= 0.6 is 0 Å². The van der Waals surface area contributed by atoms with Crippen molar-refractivity contribution in [2.75, 3.05) is 37.7 Å². The largest absolute Gasteiger partial charge is 0.470 e. The van der Waals surface area contributed by atoms with Crippen LogP contribution in [0.3, 0.4) is 0 Å². The van der Waals surface area contributed by atoms with E-state index in [0.717, 1.165) is 4.68 Å². The topological polar surface area (TPSA) is 137 Å². The number of aryl methyl sites for hydroxylation is 1. The molecule has 12 nitrogen and oxygen atoms in total. The van der Waals surface area contributed by atoms with Crippen molar-refractivity contribution in [3.63, 3.8) is 0 Å². The normalized spacial score (nSPS) is 14.7. The van der Waals surface area contributed by atoms with Crippen LogP contribution in [0.4, 0.5) is 22.1 Å². The van der Waals surface area contributed by atoms with Gasteiger partial charge < -0.3 is 24.7 Å². The molecule has 1 aliphatic rings. The first kappa shape index (κ1) is 16.5. The van der Waals surface area contributed by atoms with Crippen LogP contribution in [-0.4, -0.2) is 63.4 Å². The molecule has 1 saturated heterocycles. The van der Waals surface area contributed by atoms with Crippen molar-refractivity contribution in [2.24, 2.45) is 7.05 Å². The molecule has 0 bridgehead atoms. The SMILES string of the molecule is CCOC(=O)N1CCN(c2c([N+](=O)[O-])c([N+](=O)[O-])nn2C)CC1. The predicted octanol–water partition coefficient (Wildman–Crippen LogP) is 0.515. The molecule has 0 atom stereocenters. The number of carbonyl (C=O) groups is 1. The number of ether oxygens (including phenoxy) is 1. The van der Waals surface area contributed by atoms with E-state index in [1.54, 1.807) is 11.8 Å². The van der Waals surface area contributed by atoms with Gasteiger partial charge in [0.25, 0.3) is 0 Å². The minimum absolute atomic E-state index is 0.0604. The first-order valence-electron chi connectivity index (χ1n) is 6.89. The molecule has 0 N–H and O–H groups in total. The Hall–Kier alpha value is -2.92. The van der Waals surface area contributed by atoms with Gasteiger partial charge in [-0.1, -0.05) is 0 Å². The Kier molecular flexibility index (Phi) is 4.62. The van der Waals surface area contributed by atoms with Crippen molar-refractivity contribution in [1.82, 2.24) is 14.7 Å². The molecule has 1 fully saturated rings. The summed E-state index contributed by atoms with van der Waals surface area (Å²) in [5, 5.41) is 25.7. The lowest BCUT2D eigenvalue weighted by molar-refractivity contribution is -0.424. The highest BCUT2D eigenvalue weighted by Crippen LogP contribution is 2.36. The molecule has 1 aromatic heterocycles. The molecule has 12 heteroatoms. The molecule has 1 aliphatic heterocycles. The van der Waals surface area contributed by atoms with E-state index < -0.39 is 27.4 Å². The van der Waals surface area contributed by atoms with Crippen LogP contribution in [0.2, 0.25) is 0 Å². The molecule has 0 aromatic carbocycles. The van der Waals surface area contributed by atoms with E-state index in [1.165, 1.54) is 11.9 Å². The van der Waals surface area contributed by atoms with Crippen molar-refractivity contribution in [2.45, 2.75) is 6.92 Å². The standard InChI is InChI=1S/C11H16N6O6/c1-3-23-11(18)15-6-4-14(5-7-15)10-8(16(19)20)9(17(21)22)12-13(10)2/h3-7H2,1-2H3. The van der Waals surface area contributed by atoms with Gasteiger partial charge in [0, 0.05) is 26.2 Å². The third-order valence-electron chi connectivity index (χ3n) is 3.44. The monoisotopic (exact) mass is 328 g/mol. The van der Waals surface area contributed by atoms with E-state index in [9.17, 15) is 25.0 Å². The Morgan fingerprint density at radius 3 is 2.30 bits per heavy atom. The average molecular weight is 328 g/mol. The maximum atomic E-state index is 11.6. The molecule has 2 heterocycles. The van der Waals surface area contributed by atoms with Gasteiger partial charge in [0.15, 0.2) is 0 Å². The molecule has 2 rings (SSSR count). The van der Waals surface area contributed by atoms with E-state index in [-0.39, 0.29) is 25.5 Å². The first-order chi connectivity index (χ1) is 10.9. The Morgan fingerprint density at radius 1 is 1.22 bits per heavy atom. The summed E-state index contributed by atoms with van der Waals surface area (Å²) in [6.45, 7) is 3.14. The van der Waals surface area contributed by atoms with Crippen molar-refractivity contribution in [1.29, 1.82) is 0 Å². The number of piperazine rings is 1. The van der Waals surface area contributed by atoms with Crippen molar-refractivity contribution in [3.8, 4) is 0 Å². The summed E-state index contributed by atoms with van der Waals surface area (Å²) in [5.41, 5.74) is -0.637. The lowest BCUT2D eigenvalue weighted by atomic mass is 10.3. The summed E-state index contributed by atoms with van der Waals surface area (Å²) in [5.74, 6) is -0.731. The molecule has 126 valence electrons. The van der Waals surface area contributed by atoms with Gasteiger partial charge in [0.2, 0.25) is 5.82 Å². The fourth-order valence-electron chi connectivity index (χ4n) is 2.45. The molecule has 1 aromatic rings. The molecule has 0 radical (unpaired) electrons. The highest BCUT2D eigenvalue weighted by atomic mass is 16.6. The summed E-state index contributed by atoms with van der Waals surface area (Å²) < 4.78 is 6.02. The molecular weight excluding hydrogens is 312 g/mol. The Labute approximate surface area is 130 Å². The Bertz CT molecular complexity index is 635. The fraction of sp³-hybridized carbons (Fsp3) is 0.636. The van der Waals surface area contributed by atoms with Crippen LogP contribution in [-0.2, 0) is 11.8 Å². The summed E-state index contributed by atoms with van der Waals surface area (Å²) >= 11 is 0. The number of anilines is 1. The van der Waals surface area contributed by atoms with Gasteiger partial charge in [-0.2, -0.15) is 4.68 Å². The van der Waals surface area contributed by atoms with Crippen molar-refractivity contribution in [3.05, 3.63) is 20.2 Å². The summed E-state index contributed by atoms with van der Waals surface area (Å²) in [6, 6.07) is 0. The number of hydrogen-bond acceptors (Lipinski definition) is 8. The Morgan fingerprint density at radius 2 is 1.83 bits per heavy atom. The zero-order valence-corrected chi connectivity index (χ0v) is 12.7. The van der Waals surface area contributed by atoms with Crippen LogP contribution in [0.1, 0.15) is 6.92 Å². The number of amides is 1. The van der Waals surface area contributed by atoms with Crippen LogP contribution in [0.15, 0.2) is 0 Å². The van der Waals surface area contributed by atoms with Gasteiger partial charge in [-0.25, -0.2) is 4.79 Å². The molecule has 0 aliphatic carbocycles. The smallest absolute Gasteiger partial charge is 0.450 e. The number of nitro groups is 2. The van der Waals surface area contributed by atoms with Gasteiger partial charge in [-0.05, 0) is 11.8 Å². The summed E-state index contributed by atoms with van der Waals surface area (Å²) in [7, 11) is 1.41. The molecule has 23 heavy (non-hydrogen) atoms. The quantitative estimate of drug-likeness (QED) is 0.576. The van der Waals surface area contributed by atoms with E-state index in [4.69, 9.17) is 4.74 Å². The minimum atomic E-state index is -0.878. The molecule has 1 amide bonds. The summed E-state index contributed by atoms with van der Waals surface area (Å²) in [4.78, 5) is 35.2. The van der Waals surface area contributed by atoms with Gasteiger partial charge in [0.1, 0.15) is 0 Å². The second-order valence-electron chi connectivity index (χ2n) is 4.81. The minimum Gasteiger partial charge on any atom is -0.450 e. The molecule has 0 spiro atoms. The van der Waals surface area contributed by atoms with Gasteiger partial charge in [0.05, 0.1) is 23.7 Å². The van der Waals surface area contributed by atoms with Gasteiger partial charge >= 0.3 is 17.6 Å². The number of hydrogen-bond donors (Lipinski definition) is 0. The highest BCUT2D eigenvalue weighted by molar-refractivity contribution is 5.70. The van der Waals surface area contributed by atoms with Crippen molar-refractivity contribution < 1.29 is 19.4 Å².